The molecular weight excluding hydrogens is 174 g/mol. The van der Waals surface area contributed by atoms with Crippen molar-refractivity contribution in [2.24, 2.45) is 0 Å². The monoisotopic (exact) mass is 185 g/mol. The average molecular weight is 185 g/mol. The van der Waals surface area contributed by atoms with Crippen LogP contribution in [0.2, 0.25) is 0 Å². The second kappa shape index (κ2) is 4.49. The summed E-state index contributed by atoms with van der Waals surface area (Å²) in [6.07, 6.45) is 1.93. The lowest BCUT2D eigenvalue weighted by molar-refractivity contribution is -0.137. The van der Waals surface area contributed by atoms with Gasteiger partial charge in [0.15, 0.2) is 0 Å². The molecule has 0 aromatic rings. The number of esters is 1. The molecule has 1 rings (SSSR count). The van der Waals surface area contributed by atoms with Crippen LogP contribution in [0.25, 0.3) is 0 Å². The summed E-state index contributed by atoms with van der Waals surface area (Å²) in [5, 5.41) is 2.46. The van der Waals surface area contributed by atoms with Crippen molar-refractivity contribution in [1.82, 2.24) is 5.32 Å². The Morgan fingerprint density at radius 3 is 3.15 bits per heavy atom. The molecule has 0 bridgehead atoms. The van der Waals surface area contributed by atoms with Crippen molar-refractivity contribution in [3.63, 3.8) is 0 Å². The summed E-state index contributed by atoms with van der Waals surface area (Å²) in [7, 11) is 0. The third-order valence-electron chi connectivity index (χ3n) is 1.44. The van der Waals surface area contributed by atoms with E-state index < -0.39 is 12.1 Å². The summed E-state index contributed by atoms with van der Waals surface area (Å²) in [5.74, 6) is -0.426. The van der Waals surface area contributed by atoms with Gasteiger partial charge >= 0.3 is 12.1 Å². The Morgan fingerprint density at radius 2 is 2.62 bits per heavy atom. The highest BCUT2D eigenvalue weighted by Gasteiger charge is 2.19. The Morgan fingerprint density at radius 1 is 1.85 bits per heavy atom. The molecule has 1 atom stereocenters. The van der Waals surface area contributed by atoms with E-state index in [-0.39, 0.29) is 6.10 Å². The van der Waals surface area contributed by atoms with Crippen molar-refractivity contribution >= 4 is 12.1 Å². The van der Waals surface area contributed by atoms with Crippen LogP contribution in [0, 0.1) is 0 Å². The van der Waals surface area contributed by atoms with E-state index in [0.717, 1.165) is 0 Å². The zero-order valence-corrected chi connectivity index (χ0v) is 7.28. The van der Waals surface area contributed by atoms with Gasteiger partial charge in [0, 0.05) is 6.08 Å². The predicted octanol–water partition coefficient (Wildman–Crippen LogP) is 0.214. The summed E-state index contributed by atoms with van der Waals surface area (Å²) >= 11 is 0. The minimum atomic E-state index is -0.460. The van der Waals surface area contributed by atoms with Gasteiger partial charge in [-0.1, -0.05) is 0 Å². The lowest BCUT2D eigenvalue weighted by atomic mass is 10.3. The van der Waals surface area contributed by atoms with Gasteiger partial charge < -0.3 is 14.8 Å². The van der Waals surface area contributed by atoms with Gasteiger partial charge in [0.2, 0.25) is 0 Å². The maximum absolute atomic E-state index is 10.8. The summed E-state index contributed by atoms with van der Waals surface area (Å²) < 4.78 is 9.39. The molecule has 0 spiro atoms. The molecule has 1 heterocycles. The van der Waals surface area contributed by atoms with Crippen LogP contribution in [-0.2, 0) is 14.3 Å². The lowest BCUT2D eigenvalue weighted by Gasteiger charge is -1.99. The summed E-state index contributed by atoms with van der Waals surface area (Å²) in [6.45, 7) is 2.46. The van der Waals surface area contributed by atoms with Crippen LogP contribution in [0.3, 0.4) is 0 Å². The van der Waals surface area contributed by atoms with Gasteiger partial charge in [-0.2, -0.15) is 0 Å². The van der Waals surface area contributed by atoms with Crippen molar-refractivity contribution in [3.05, 3.63) is 12.2 Å². The molecule has 0 unspecified atom stereocenters. The number of nitrogens with one attached hydrogen (secondary N) is 1. The Labute approximate surface area is 75.7 Å². The standard InChI is InChI=1S/C8H11NO4/c1-2-12-7(10)4-3-6-5-9-8(11)13-6/h3-4,6H,2,5H2,1H3,(H,9,11)/b4-3+/t6-/m1/s1. The van der Waals surface area contributed by atoms with E-state index in [1.54, 1.807) is 6.92 Å². The number of carbonyl (C=O) groups excluding carboxylic acids is 2. The van der Waals surface area contributed by atoms with Crippen LogP contribution in [0.4, 0.5) is 4.79 Å². The molecule has 0 radical (unpaired) electrons. The number of amides is 1. The fraction of sp³-hybridized carbons (Fsp3) is 0.500. The van der Waals surface area contributed by atoms with Gasteiger partial charge in [-0.15, -0.1) is 0 Å². The first-order valence-electron chi connectivity index (χ1n) is 4.02. The first-order chi connectivity index (χ1) is 6.22. The molecule has 1 aliphatic heterocycles. The fourth-order valence-corrected chi connectivity index (χ4v) is 0.888. The highest BCUT2D eigenvalue weighted by atomic mass is 16.6. The molecule has 0 saturated carbocycles. The smallest absolute Gasteiger partial charge is 0.407 e. The quantitative estimate of drug-likeness (QED) is 0.504. The van der Waals surface area contributed by atoms with Gasteiger partial charge in [-0.25, -0.2) is 9.59 Å². The summed E-state index contributed by atoms with van der Waals surface area (Å²) in [5.41, 5.74) is 0. The first-order valence-corrected chi connectivity index (χ1v) is 4.02. The van der Waals surface area contributed by atoms with Crippen LogP contribution in [0.1, 0.15) is 6.92 Å². The Hall–Kier alpha value is -1.52. The third kappa shape index (κ3) is 3.14. The Kier molecular flexibility index (Phi) is 3.31. The number of cyclic esters (lactones) is 1. The van der Waals surface area contributed by atoms with Crippen LogP contribution in [-0.4, -0.2) is 31.3 Å². The molecule has 13 heavy (non-hydrogen) atoms. The van der Waals surface area contributed by atoms with E-state index >= 15 is 0 Å². The number of ether oxygens (including phenoxy) is 2. The number of hydrogen-bond acceptors (Lipinski definition) is 4. The van der Waals surface area contributed by atoms with E-state index in [4.69, 9.17) is 4.74 Å². The van der Waals surface area contributed by atoms with Crippen molar-refractivity contribution in [1.29, 1.82) is 0 Å². The molecule has 0 aliphatic carbocycles. The molecule has 1 aliphatic rings. The second-order valence-electron chi connectivity index (χ2n) is 2.44. The van der Waals surface area contributed by atoms with E-state index in [1.807, 2.05) is 0 Å². The van der Waals surface area contributed by atoms with E-state index in [2.05, 4.69) is 10.1 Å². The van der Waals surface area contributed by atoms with Crippen molar-refractivity contribution in [2.75, 3.05) is 13.2 Å². The third-order valence-corrected chi connectivity index (χ3v) is 1.44. The highest BCUT2D eigenvalue weighted by Crippen LogP contribution is 2.01. The largest absolute Gasteiger partial charge is 0.463 e. The predicted molar refractivity (Wildman–Crippen MR) is 44.0 cm³/mol. The molecule has 72 valence electrons. The molecule has 1 N–H and O–H groups in total. The second-order valence-corrected chi connectivity index (χ2v) is 2.44. The first kappa shape index (κ1) is 9.57. The average Bonchev–Trinajstić information content (AvgIpc) is 2.49. The minimum Gasteiger partial charge on any atom is -0.463 e. The molecule has 1 amide bonds. The zero-order chi connectivity index (χ0) is 9.68. The molecule has 1 saturated heterocycles. The van der Waals surface area contributed by atoms with Crippen molar-refractivity contribution in [3.8, 4) is 0 Å². The van der Waals surface area contributed by atoms with Crippen molar-refractivity contribution < 1.29 is 19.1 Å². The minimum absolute atomic E-state index is 0.339. The maximum Gasteiger partial charge on any atom is 0.407 e. The van der Waals surface area contributed by atoms with Gasteiger partial charge in [0.25, 0.3) is 0 Å². The number of hydrogen-bond donors (Lipinski definition) is 1. The topological polar surface area (TPSA) is 64.6 Å². The van der Waals surface area contributed by atoms with E-state index in [9.17, 15) is 9.59 Å². The van der Waals surface area contributed by atoms with Crippen molar-refractivity contribution in [2.45, 2.75) is 13.0 Å². The normalized spacial score (nSPS) is 21.3. The zero-order valence-electron chi connectivity index (χ0n) is 7.28. The molecule has 0 aromatic carbocycles. The number of alkyl carbamates (subject to hydrolysis) is 1. The van der Waals surface area contributed by atoms with Crippen LogP contribution < -0.4 is 5.32 Å². The molecule has 5 nitrogen and oxygen atoms in total. The highest BCUT2D eigenvalue weighted by molar-refractivity contribution is 5.82. The maximum atomic E-state index is 10.8. The van der Waals surface area contributed by atoms with E-state index in [0.29, 0.717) is 13.2 Å². The molecule has 0 aromatic heterocycles. The lowest BCUT2D eigenvalue weighted by Crippen LogP contribution is -2.13. The SMILES string of the molecule is CCOC(=O)/C=C/[C@@H]1CNC(=O)O1. The van der Waals surface area contributed by atoms with Gasteiger partial charge in [-0.05, 0) is 13.0 Å². The van der Waals surface area contributed by atoms with Crippen LogP contribution in [0.5, 0.6) is 0 Å². The van der Waals surface area contributed by atoms with Crippen LogP contribution >= 0.6 is 0 Å². The van der Waals surface area contributed by atoms with Crippen LogP contribution in [0.15, 0.2) is 12.2 Å². The van der Waals surface area contributed by atoms with E-state index in [1.165, 1.54) is 12.2 Å². The Bertz CT molecular complexity index is 236. The van der Waals surface area contributed by atoms with Gasteiger partial charge in [0.05, 0.1) is 13.2 Å². The number of rotatable bonds is 3. The van der Waals surface area contributed by atoms with Gasteiger partial charge in [0.1, 0.15) is 6.10 Å². The molecule has 5 heteroatoms. The number of carbonyl (C=O) groups is 2. The van der Waals surface area contributed by atoms with Gasteiger partial charge in [-0.3, -0.25) is 0 Å². The summed E-state index contributed by atoms with van der Waals surface area (Å²) in [6, 6.07) is 0. The summed E-state index contributed by atoms with van der Waals surface area (Å²) in [4.78, 5) is 21.4. The molecular formula is C8H11NO4. The fourth-order valence-electron chi connectivity index (χ4n) is 0.888. The Balaban J connectivity index is 2.31. The molecule has 1 fully saturated rings.